The van der Waals surface area contributed by atoms with Crippen molar-refractivity contribution in [1.29, 1.82) is 0 Å². The van der Waals surface area contributed by atoms with Crippen LogP contribution in [0.1, 0.15) is 11.1 Å². The molecule has 0 amide bonds. The summed E-state index contributed by atoms with van der Waals surface area (Å²) >= 11 is 9.10. The Morgan fingerprint density at radius 2 is 1.46 bits per heavy atom. The van der Waals surface area contributed by atoms with Crippen molar-refractivity contribution in [3.63, 3.8) is 0 Å². The van der Waals surface area contributed by atoms with Crippen LogP contribution in [0.15, 0.2) is 77.3 Å². The molecule has 3 rings (SSSR count). The number of ether oxygens (including phenoxy) is 1. The highest BCUT2D eigenvalue weighted by Crippen LogP contribution is 2.18. The molecule has 0 heterocycles. The Balaban J connectivity index is 1.78. The highest BCUT2D eigenvalue weighted by atomic mass is 79.9. The number of nitrogens with zero attached hydrogens (tertiary/aromatic N) is 1. The standard InChI is InChI=1S/C22H20BrFN2OS/c1-27-21-12-4-17(5-13-21)15-26(14-16-2-8-19(24)9-3-16)22(28)25-20-10-6-18(23)7-11-20/h2-13H,14-15H2,1H3,(H,25,28). The fourth-order valence-corrected chi connectivity index (χ4v) is 3.21. The molecule has 3 aromatic carbocycles. The molecule has 28 heavy (non-hydrogen) atoms. The summed E-state index contributed by atoms with van der Waals surface area (Å²) in [6.45, 7) is 1.18. The fourth-order valence-electron chi connectivity index (χ4n) is 2.70. The summed E-state index contributed by atoms with van der Waals surface area (Å²) in [7, 11) is 1.65. The number of halogens is 2. The van der Waals surface area contributed by atoms with Crippen LogP contribution >= 0.6 is 28.1 Å². The van der Waals surface area contributed by atoms with E-state index in [1.165, 1.54) is 12.1 Å². The third-order valence-electron chi connectivity index (χ3n) is 4.20. The maximum Gasteiger partial charge on any atom is 0.174 e. The largest absolute Gasteiger partial charge is 0.497 e. The summed E-state index contributed by atoms with van der Waals surface area (Å²) in [6, 6.07) is 22.2. The third kappa shape index (κ3) is 5.78. The number of anilines is 1. The van der Waals surface area contributed by atoms with Gasteiger partial charge in [0.1, 0.15) is 11.6 Å². The van der Waals surface area contributed by atoms with Gasteiger partial charge in [0.2, 0.25) is 0 Å². The minimum absolute atomic E-state index is 0.249. The van der Waals surface area contributed by atoms with E-state index in [-0.39, 0.29) is 5.82 Å². The van der Waals surface area contributed by atoms with E-state index in [9.17, 15) is 4.39 Å². The van der Waals surface area contributed by atoms with Crippen LogP contribution < -0.4 is 10.1 Å². The van der Waals surface area contributed by atoms with Gasteiger partial charge in [-0.25, -0.2) is 4.39 Å². The predicted octanol–water partition coefficient (Wildman–Crippen LogP) is 6.00. The van der Waals surface area contributed by atoms with Crippen molar-refractivity contribution in [2.75, 3.05) is 12.4 Å². The maximum absolute atomic E-state index is 13.3. The summed E-state index contributed by atoms with van der Waals surface area (Å²) < 4.78 is 19.5. The predicted molar refractivity (Wildman–Crippen MR) is 119 cm³/mol. The van der Waals surface area contributed by atoms with Crippen LogP contribution in [0.25, 0.3) is 0 Å². The molecular weight excluding hydrogens is 439 g/mol. The van der Waals surface area contributed by atoms with Crippen LogP contribution in [-0.4, -0.2) is 17.1 Å². The number of methoxy groups -OCH3 is 1. The molecule has 0 aliphatic carbocycles. The smallest absolute Gasteiger partial charge is 0.174 e. The SMILES string of the molecule is COc1ccc(CN(Cc2ccc(F)cc2)C(=S)Nc2ccc(Br)cc2)cc1. The Morgan fingerprint density at radius 3 is 2.00 bits per heavy atom. The minimum atomic E-state index is -0.249. The molecule has 0 aliphatic rings. The monoisotopic (exact) mass is 458 g/mol. The van der Waals surface area contributed by atoms with Crippen LogP contribution in [0.3, 0.4) is 0 Å². The number of hydrogen-bond acceptors (Lipinski definition) is 2. The zero-order valence-electron chi connectivity index (χ0n) is 15.4. The van der Waals surface area contributed by atoms with Crippen LogP contribution in [0.4, 0.5) is 10.1 Å². The summed E-state index contributed by atoms with van der Waals surface area (Å²) in [5, 5.41) is 3.88. The molecule has 0 saturated carbocycles. The molecule has 0 aliphatic heterocycles. The van der Waals surface area contributed by atoms with E-state index in [0.717, 1.165) is 27.0 Å². The van der Waals surface area contributed by atoms with E-state index in [2.05, 4.69) is 21.2 Å². The quantitative estimate of drug-likeness (QED) is 0.458. The van der Waals surface area contributed by atoms with Gasteiger partial charge < -0.3 is 15.0 Å². The van der Waals surface area contributed by atoms with E-state index in [1.54, 1.807) is 19.2 Å². The zero-order valence-corrected chi connectivity index (χ0v) is 17.8. The number of nitrogens with one attached hydrogen (secondary N) is 1. The van der Waals surface area contributed by atoms with Gasteiger partial charge in [0.15, 0.2) is 5.11 Å². The second-order valence-electron chi connectivity index (χ2n) is 6.27. The molecule has 0 bridgehead atoms. The van der Waals surface area contributed by atoms with Crippen molar-refractivity contribution < 1.29 is 9.13 Å². The summed E-state index contributed by atoms with van der Waals surface area (Å²) in [4.78, 5) is 2.05. The normalized spacial score (nSPS) is 10.4. The molecule has 144 valence electrons. The van der Waals surface area contributed by atoms with Crippen LogP contribution in [0, 0.1) is 5.82 Å². The lowest BCUT2D eigenvalue weighted by molar-refractivity contribution is 0.407. The van der Waals surface area contributed by atoms with E-state index in [4.69, 9.17) is 17.0 Å². The summed E-state index contributed by atoms with van der Waals surface area (Å²) in [5.74, 6) is 0.561. The molecule has 0 radical (unpaired) electrons. The highest BCUT2D eigenvalue weighted by molar-refractivity contribution is 9.10. The van der Waals surface area contributed by atoms with Crippen LogP contribution in [-0.2, 0) is 13.1 Å². The molecule has 0 fully saturated rings. The van der Waals surface area contributed by atoms with Gasteiger partial charge in [0.05, 0.1) is 7.11 Å². The van der Waals surface area contributed by atoms with Gasteiger partial charge in [-0.15, -0.1) is 0 Å². The molecule has 3 nitrogen and oxygen atoms in total. The minimum Gasteiger partial charge on any atom is -0.497 e. The number of rotatable bonds is 6. The lowest BCUT2D eigenvalue weighted by atomic mass is 10.1. The lowest BCUT2D eigenvalue weighted by Gasteiger charge is -2.26. The van der Waals surface area contributed by atoms with Crippen molar-refractivity contribution in [2.45, 2.75) is 13.1 Å². The Bertz CT molecular complexity index is 915. The van der Waals surface area contributed by atoms with E-state index >= 15 is 0 Å². The van der Waals surface area contributed by atoms with Gasteiger partial charge in [-0.05, 0) is 71.9 Å². The number of benzene rings is 3. The van der Waals surface area contributed by atoms with Crippen LogP contribution in [0.2, 0.25) is 0 Å². The average molecular weight is 459 g/mol. The number of hydrogen-bond donors (Lipinski definition) is 1. The first kappa shape index (κ1) is 20.3. The third-order valence-corrected chi connectivity index (χ3v) is 5.09. The van der Waals surface area contributed by atoms with Crippen molar-refractivity contribution in [3.8, 4) is 5.75 Å². The first-order chi connectivity index (χ1) is 13.5. The topological polar surface area (TPSA) is 24.5 Å². The molecule has 3 aromatic rings. The van der Waals surface area contributed by atoms with Crippen molar-refractivity contribution >= 4 is 38.9 Å². The van der Waals surface area contributed by atoms with Gasteiger partial charge in [0, 0.05) is 23.2 Å². The Hall–Kier alpha value is -2.44. The molecule has 0 spiro atoms. The van der Waals surface area contributed by atoms with Gasteiger partial charge >= 0.3 is 0 Å². The second kappa shape index (κ2) is 9.66. The van der Waals surface area contributed by atoms with Gasteiger partial charge in [-0.1, -0.05) is 40.2 Å². The van der Waals surface area contributed by atoms with Crippen molar-refractivity contribution in [2.24, 2.45) is 0 Å². The molecule has 6 heteroatoms. The Morgan fingerprint density at radius 1 is 0.929 bits per heavy atom. The second-order valence-corrected chi connectivity index (χ2v) is 7.57. The van der Waals surface area contributed by atoms with Gasteiger partial charge in [-0.2, -0.15) is 0 Å². The Labute approximate surface area is 178 Å². The molecule has 0 atom stereocenters. The highest BCUT2D eigenvalue weighted by Gasteiger charge is 2.12. The fraction of sp³-hybridized carbons (Fsp3) is 0.136. The first-order valence-corrected chi connectivity index (χ1v) is 9.92. The van der Waals surface area contributed by atoms with Crippen LogP contribution in [0.5, 0.6) is 5.75 Å². The van der Waals surface area contributed by atoms with Crippen molar-refractivity contribution in [1.82, 2.24) is 4.90 Å². The average Bonchev–Trinajstić information content (AvgIpc) is 2.71. The number of thiocarbonyl (C=S) groups is 1. The maximum atomic E-state index is 13.3. The molecule has 0 saturated heterocycles. The molecular formula is C22H20BrFN2OS. The molecule has 0 aromatic heterocycles. The molecule has 1 N–H and O–H groups in total. The van der Waals surface area contributed by atoms with Gasteiger partial charge in [0.25, 0.3) is 0 Å². The van der Waals surface area contributed by atoms with E-state index in [1.807, 2.05) is 53.4 Å². The zero-order chi connectivity index (χ0) is 19.9. The summed E-state index contributed by atoms with van der Waals surface area (Å²) in [5.41, 5.74) is 2.99. The van der Waals surface area contributed by atoms with Gasteiger partial charge in [-0.3, -0.25) is 0 Å². The van der Waals surface area contributed by atoms with E-state index < -0.39 is 0 Å². The first-order valence-electron chi connectivity index (χ1n) is 8.72. The summed E-state index contributed by atoms with van der Waals surface area (Å²) in [6.07, 6.45) is 0. The van der Waals surface area contributed by atoms with Crippen molar-refractivity contribution in [3.05, 3.63) is 94.2 Å². The Kier molecular flexibility index (Phi) is 7.01. The van der Waals surface area contributed by atoms with E-state index in [0.29, 0.717) is 18.2 Å². The lowest BCUT2D eigenvalue weighted by Crippen LogP contribution is -2.33. The molecule has 0 unspecified atom stereocenters.